The second-order valence-electron chi connectivity index (χ2n) is 6.08. The lowest BCUT2D eigenvalue weighted by molar-refractivity contribution is -0.123. The number of nitrogens with one attached hydrogen (secondary N) is 2. The highest BCUT2D eigenvalue weighted by Gasteiger charge is 2.24. The maximum Gasteiger partial charge on any atom is 0.222 e. The zero-order valence-corrected chi connectivity index (χ0v) is 14.5. The maximum atomic E-state index is 12.2. The standard InChI is InChI=1S/C18H28N2O3/c1-5-18(23,6-2)12-19-17(22)11-16(20-14(4)21)15-9-7-13(3)8-10-15/h7-10,16,23H,5-6,11-12H2,1-4H3,(H,19,22)(H,20,21). The summed E-state index contributed by atoms with van der Waals surface area (Å²) in [5.41, 5.74) is 1.14. The molecule has 5 nitrogen and oxygen atoms in total. The van der Waals surface area contributed by atoms with Crippen molar-refractivity contribution in [2.45, 2.75) is 58.6 Å². The minimum atomic E-state index is -0.872. The Morgan fingerprint density at radius 3 is 2.22 bits per heavy atom. The molecule has 0 aliphatic heterocycles. The van der Waals surface area contributed by atoms with E-state index >= 15 is 0 Å². The molecule has 2 amide bonds. The summed E-state index contributed by atoms with van der Waals surface area (Å²) in [5, 5.41) is 15.8. The Kier molecular flexibility index (Phi) is 7.23. The van der Waals surface area contributed by atoms with Crippen molar-refractivity contribution in [3.8, 4) is 0 Å². The van der Waals surface area contributed by atoms with Crippen LogP contribution >= 0.6 is 0 Å². The summed E-state index contributed by atoms with van der Waals surface area (Å²) in [6, 6.07) is 7.36. The van der Waals surface area contributed by atoms with Gasteiger partial charge in [0, 0.05) is 13.5 Å². The molecule has 0 bridgehead atoms. The first-order valence-electron chi connectivity index (χ1n) is 8.12. The van der Waals surface area contributed by atoms with Crippen molar-refractivity contribution in [2.24, 2.45) is 0 Å². The van der Waals surface area contributed by atoms with Crippen LogP contribution in [0.2, 0.25) is 0 Å². The lowest BCUT2D eigenvalue weighted by Crippen LogP contribution is -2.43. The van der Waals surface area contributed by atoms with Crippen molar-refractivity contribution in [1.29, 1.82) is 0 Å². The lowest BCUT2D eigenvalue weighted by atomic mass is 9.97. The molecule has 0 aliphatic rings. The number of carbonyl (C=O) groups is 2. The van der Waals surface area contributed by atoms with Gasteiger partial charge in [-0.05, 0) is 25.3 Å². The molecule has 1 atom stereocenters. The molecule has 1 aromatic carbocycles. The molecule has 5 heteroatoms. The molecule has 0 heterocycles. The second-order valence-corrected chi connectivity index (χ2v) is 6.08. The fraction of sp³-hybridized carbons (Fsp3) is 0.556. The van der Waals surface area contributed by atoms with Gasteiger partial charge in [-0.1, -0.05) is 43.7 Å². The van der Waals surface area contributed by atoms with Crippen LogP contribution in [0, 0.1) is 6.92 Å². The molecule has 0 spiro atoms. The summed E-state index contributed by atoms with van der Waals surface area (Å²) >= 11 is 0. The Labute approximate surface area is 138 Å². The van der Waals surface area contributed by atoms with Crippen molar-refractivity contribution in [3.63, 3.8) is 0 Å². The first-order valence-corrected chi connectivity index (χ1v) is 8.12. The molecule has 0 aliphatic carbocycles. The van der Waals surface area contributed by atoms with Gasteiger partial charge in [-0.2, -0.15) is 0 Å². The molecule has 0 aromatic heterocycles. The second kappa shape index (κ2) is 8.67. The summed E-state index contributed by atoms with van der Waals surface area (Å²) in [7, 11) is 0. The summed E-state index contributed by atoms with van der Waals surface area (Å²) < 4.78 is 0. The number of aliphatic hydroxyl groups is 1. The maximum absolute atomic E-state index is 12.2. The molecule has 0 saturated heterocycles. The van der Waals surface area contributed by atoms with E-state index < -0.39 is 5.60 Å². The lowest BCUT2D eigenvalue weighted by Gasteiger charge is -2.26. The van der Waals surface area contributed by atoms with Gasteiger partial charge in [-0.15, -0.1) is 0 Å². The number of carbonyl (C=O) groups excluding carboxylic acids is 2. The molecular formula is C18H28N2O3. The molecule has 23 heavy (non-hydrogen) atoms. The first kappa shape index (κ1) is 19.2. The molecule has 0 fully saturated rings. The zero-order valence-electron chi connectivity index (χ0n) is 14.5. The fourth-order valence-corrected chi connectivity index (χ4v) is 2.32. The van der Waals surface area contributed by atoms with Crippen molar-refractivity contribution in [3.05, 3.63) is 35.4 Å². The van der Waals surface area contributed by atoms with Crippen LogP contribution < -0.4 is 10.6 Å². The summed E-state index contributed by atoms with van der Waals surface area (Å²) in [6.45, 7) is 7.43. The van der Waals surface area contributed by atoms with Gasteiger partial charge in [0.05, 0.1) is 18.1 Å². The topological polar surface area (TPSA) is 78.4 Å². The minimum absolute atomic E-state index is 0.145. The van der Waals surface area contributed by atoms with Gasteiger partial charge in [0.2, 0.25) is 11.8 Å². The van der Waals surface area contributed by atoms with E-state index in [1.807, 2.05) is 45.0 Å². The number of rotatable bonds is 8. The predicted octanol–water partition coefficient (Wildman–Crippen LogP) is 2.23. The SMILES string of the molecule is CCC(O)(CC)CNC(=O)CC(NC(C)=O)c1ccc(C)cc1. The van der Waals surface area contributed by atoms with Gasteiger partial charge >= 0.3 is 0 Å². The number of aryl methyl sites for hydroxylation is 1. The van der Waals surface area contributed by atoms with Crippen molar-refractivity contribution in [2.75, 3.05) is 6.54 Å². The van der Waals surface area contributed by atoms with Crippen molar-refractivity contribution in [1.82, 2.24) is 10.6 Å². The Morgan fingerprint density at radius 1 is 1.17 bits per heavy atom. The quantitative estimate of drug-likeness (QED) is 0.687. The van der Waals surface area contributed by atoms with E-state index in [4.69, 9.17) is 0 Å². The van der Waals surface area contributed by atoms with Crippen LogP contribution in [0.3, 0.4) is 0 Å². The first-order chi connectivity index (χ1) is 10.8. The van der Waals surface area contributed by atoms with Crippen LogP contribution in [0.15, 0.2) is 24.3 Å². The molecular weight excluding hydrogens is 292 g/mol. The highest BCUT2D eigenvalue weighted by Crippen LogP contribution is 2.18. The predicted molar refractivity (Wildman–Crippen MR) is 90.9 cm³/mol. The molecule has 3 N–H and O–H groups in total. The number of hydrogen-bond donors (Lipinski definition) is 3. The minimum Gasteiger partial charge on any atom is -0.388 e. The van der Waals surface area contributed by atoms with Crippen molar-refractivity contribution >= 4 is 11.8 Å². The van der Waals surface area contributed by atoms with Gasteiger partial charge in [-0.25, -0.2) is 0 Å². The van der Waals surface area contributed by atoms with E-state index in [0.717, 1.165) is 11.1 Å². The Bertz CT molecular complexity index is 522. The average Bonchev–Trinajstić information content (AvgIpc) is 2.52. The number of amides is 2. The monoisotopic (exact) mass is 320 g/mol. The molecule has 0 radical (unpaired) electrons. The summed E-state index contributed by atoms with van der Waals surface area (Å²) in [6.07, 6.45) is 1.31. The van der Waals surface area contributed by atoms with Gasteiger partial charge in [-0.3, -0.25) is 9.59 Å². The van der Waals surface area contributed by atoms with Gasteiger partial charge < -0.3 is 15.7 Å². The normalized spacial score (nSPS) is 12.6. The summed E-state index contributed by atoms with van der Waals surface area (Å²) in [4.78, 5) is 23.6. The zero-order chi connectivity index (χ0) is 17.5. The third kappa shape index (κ3) is 6.40. The van der Waals surface area contributed by atoms with E-state index in [-0.39, 0.29) is 30.8 Å². The third-order valence-corrected chi connectivity index (χ3v) is 4.18. The van der Waals surface area contributed by atoms with Crippen molar-refractivity contribution < 1.29 is 14.7 Å². The number of benzene rings is 1. The van der Waals surface area contributed by atoms with Gasteiger partial charge in [0.1, 0.15) is 0 Å². The van der Waals surface area contributed by atoms with Crippen LogP contribution in [-0.2, 0) is 9.59 Å². The Morgan fingerprint density at radius 2 is 1.74 bits per heavy atom. The van der Waals surface area contributed by atoms with Crippen LogP contribution in [0.1, 0.15) is 57.2 Å². The fourth-order valence-electron chi connectivity index (χ4n) is 2.32. The van der Waals surface area contributed by atoms with E-state index in [9.17, 15) is 14.7 Å². The molecule has 128 valence electrons. The molecule has 1 aromatic rings. The van der Waals surface area contributed by atoms with E-state index in [2.05, 4.69) is 10.6 Å². The van der Waals surface area contributed by atoms with Gasteiger partial charge in [0.25, 0.3) is 0 Å². The molecule has 1 unspecified atom stereocenters. The van der Waals surface area contributed by atoms with E-state index in [1.165, 1.54) is 6.92 Å². The average molecular weight is 320 g/mol. The highest BCUT2D eigenvalue weighted by atomic mass is 16.3. The molecule has 1 rings (SSSR count). The highest BCUT2D eigenvalue weighted by molar-refractivity contribution is 5.79. The molecule has 0 saturated carbocycles. The Balaban J connectivity index is 2.71. The van der Waals surface area contributed by atoms with Crippen LogP contribution in [-0.4, -0.2) is 29.1 Å². The third-order valence-electron chi connectivity index (χ3n) is 4.18. The van der Waals surface area contributed by atoms with Crippen LogP contribution in [0.5, 0.6) is 0 Å². The smallest absolute Gasteiger partial charge is 0.222 e. The largest absolute Gasteiger partial charge is 0.388 e. The van der Waals surface area contributed by atoms with E-state index in [1.54, 1.807) is 0 Å². The van der Waals surface area contributed by atoms with Crippen LogP contribution in [0.4, 0.5) is 0 Å². The summed E-state index contributed by atoms with van der Waals surface area (Å²) in [5.74, 6) is -0.369. The van der Waals surface area contributed by atoms with Crippen LogP contribution in [0.25, 0.3) is 0 Å². The Hall–Kier alpha value is -1.88. The van der Waals surface area contributed by atoms with E-state index in [0.29, 0.717) is 12.8 Å². The number of hydrogen-bond acceptors (Lipinski definition) is 3. The van der Waals surface area contributed by atoms with Gasteiger partial charge in [0.15, 0.2) is 0 Å².